The smallest absolute Gasteiger partial charge is 0.181 e. The van der Waals surface area contributed by atoms with Crippen molar-refractivity contribution in [3.63, 3.8) is 0 Å². The second kappa shape index (κ2) is 9.62. The Morgan fingerprint density at radius 2 is 1.19 bits per heavy atom. The van der Waals surface area contributed by atoms with E-state index in [1.165, 1.54) is 9.36 Å². The topological polar surface area (TPSA) is 100 Å². The summed E-state index contributed by atoms with van der Waals surface area (Å²) in [5.74, 6) is 1.08. The third kappa shape index (κ3) is 4.17. The molecule has 0 saturated heterocycles. The Hall–Kier alpha value is -3.92. The van der Waals surface area contributed by atoms with Crippen LogP contribution in [-0.4, -0.2) is 49.3 Å². The van der Waals surface area contributed by atoms with Crippen LogP contribution in [0.4, 0.5) is 0 Å². The first kappa shape index (κ1) is 23.8. The molecule has 182 valence electrons. The Morgan fingerprint density at radius 3 is 1.64 bits per heavy atom. The highest BCUT2D eigenvalue weighted by Crippen LogP contribution is 2.36. The van der Waals surface area contributed by atoms with Crippen LogP contribution in [0.2, 0.25) is 10.0 Å². The molecule has 9 nitrogen and oxygen atoms in total. The van der Waals surface area contributed by atoms with Gasteiger partial charge in [0.2, 0.25) is 0 Å². The van der Waals surface area contributed by atoms with Crippen molar-refractivity contribution in [2.75, 3.05) is 14.2 Å². The molecular formula is C25H20Cl2N6O3. The van der Waals surface area contributed by atoms with Crippen molar-refractivity contribution in [2.45, 2.75) is 5.60 Å². The Balaban J connectivity index is 1.65. The maximum absolute atomic E-state index is 12.2. The number of methoxy groups -OCH3 is 2. The van der Waals surface area contributed by atoms with Gasteiger partial charge in [-0.25, -0.2) is 9.36 Å². The molecule has 36 heavy (non-hydrogen) atoms. The summed E-state index contributed by atoms with van der Waals surface area (Å²) in [4.78, 5) is 0. The van der Waals surface area contributed by atoms with Crippen molar-refractivity contribution in [1.82, 2.24) is 30.0 Å². The molecule has 0 spiro atoms. The number of hydrogen-bond acceptors (Lipinski definition) is 7. The Bertz CT molecular complexity index is 1430. The third-order valence-corrected chi connectivity index (χ3v) is 6.17. The fourth-order valence-electron chi connectivity index (χ4n) is 3.89. The molecule has 0 fully saturated rings. The van der Waals surface area contributed by atoms with Crippen LogP contribution >= 0.6 is 23.2 Å². The first-order chi connectivity index (χ1) is 17.4. The average Bonchev–Trinajstić information content (AvgIpc) is 3.60. The normalized spacial score (nSPS) is 11.5. The zero-order chi connectivity index (χ0) is 25.3. The van der Waals surface area contributed by atoms with E-state index in [2.05, 4.69) is 20.6 Å². The maximum Gasteiger partial charge on any atom is 0.181 e. The van der Waals surface area contributed by atoms with E-state index >= 15 is 0 Å². The van der Waals surface area contributed by atoms with E-state index in [4.69, 9.17) is 32.7 Å². The van der Waals surface area contributed by atoms with Crippen molar-refractivity contribution in [2.24, 2.45) is 0 Å². The van der Waals surface area contributed by atoms with Crippen molar-refractivity contribution >= 4 is 23.2 Å². The summed E-state index contributed by atoms with van der Waals surface area (Å²) in [6.45, 7) is 0. The van der Waals surface area contributed by atoms with E-state index in [1.54, 1.807) is 75.1 Å². The molecule has 11 heteroatoms. The van der Waals surface area contributed by atoms with Gasteiger partial charge in [-0.15, -0.1) is 10.2 Å². The van der Waals surface area contributed by atoms with Gasteiger partial charge in [0.15, 0.2) is 5.60 Å². The minimum Gasteiger partial charge on any atom is -0.494 e. The number of ether oxygens (including phenoxy) is 2. The molecule has 2 heterocycles. The SMILES string of the molecule is COc1ccc(Cl)cc1-n1cc(C(O)(c2ccccc2)c2cn(-c3cc(Cl)ccc3OC)nn2)nn1. The summed E-state index contributed by atoms with van der Waals surface area (Å²) in [7, 11) is 3.10. The van der Waals surface area contributed by atoms with Gasteiger partial charge in [0.25, 0.3) is 0 Å². The first-order valence-electron chi connectivity index (χ1n) is 10.8. The lowest BCUT2D eigenvalue weighted by Crippen LogP contribution is -2.30. The molecule has 0 bridgehead atoms. The summed E-state index contributed by atoms with van der Waals surface area (Å²) in [6, 6.07) is 19.3. The lowest BCUT2D eigenvalue weighted by molar-refractivity contribution is 0.115. The van der Waals surface area contributed by atoms with Crippen LogP contribution in [0, 0.1) is 0 Å². The summed E-state index contributed by atoms with van der Waals surface area (Å²) in [6.07, 6.45) is 3.19. The van der Waals surface area contributed by atoms with Gasteiger partial charge >= 0.3 is 0 Å². The highest BCUT2D eigenvalue weighted by atomic mass is 35.5. The van der Waals surface area contributed by atoms with Crippen LogP contribution in [0.5, 0.6) is 11.5 Å². The van der Waals surface area contributed by atoms with Gasteiger partial charge in [-0.2, -0.15) is 0 Å². The number of benzene rings is 3. The second-order valence-corrected chi connectivity index (χ2v) is 8.68. The third-order valence-electron chi connectivity index (χ3n) is 5.70. The van der Waals surface area contributed by atoms with Gasteiger partial charge in [0.05, 0.1) is 26.6 Å². The van der Waals surface area contributed by atoms with Crippen LogP contribution in [0.3, 0.4) is 0 Å². The van der Waals surface area contributed by atoms with Gasteiger partial charge in [-0.3, -0.25) is 0 Å². The Labute approximate surface area is 216 Å². The highest BCUT2D eigenvalue weighted by Gasteiger charge is 2.40. The molecule has 0 radical (unpaired) electrons. The molecule has 0 aliphatic rings. The number of rotatable bonds is 7. The molecule has 0 aliphatic heterocycles. The molecule has 2 aromatic heterocycles. The standard InChI is InChI=1S/C25H20Cl2N6O3/c1-35-21-10-8-17(26)12-19(21)32-14-23(28-30-32)25(34,16-6-4-3-5-7-16)24-15-33(31-29-24)20-13-18(27)9-11-22(20)36-2/h3-15,34H,1-2H3. The van der Waals surface area contributed by atoms with Gasteiger partial charge in [-0.1, -0.05) is 64.0 Å². The van der Waals surface area contributed by atoms with E-state index in [1.807, 2.05) is 18.2 Å². The number of hydrogen-bond donors (Lipinski definition) is 1. The first-order valence-corrected chi connectivity index (χ1v) is 11.5. The van der Waals surface area contributed by atoms with Gasteiger partial charge < -0.3 is 14.6 Å². The average molecular weight is 523 g/mol. The molecule has 0 amide bonds. The van der Waals surface area contributed by atoms with Gasteiger partial charge in [0.1, 0.15) is 34.3 Å². The molecule has 0 atom stereocenters. The van der Waals surface area contributed by atoms with Crippen LogP contribution in [0.25, 0.3) is 11.4 Å². The minimum absolute atomic E-state index is 0.223. The van der Waals surface area contributed by atoms with Crippen LogP contribution in [-0.2, 0) is 5.60 Å². The molecule has 3 aromatic carbocycles. The van der Waals surface area contributed by atoms with E-state index in [-0.39, 0.29) is 11.4 Å². The molecular weight excluding hydrogens is 503 g/mol. The maximum atomic E-state index is 12.2. The number of nitrogens with zero attached hydrogens (tertiary/aromatic N) is 6. The van der Waals surface area contributed by atoms with Gasteiger partial charge in [0, 0.05) is 10.0 Å². The van der Waals surface area contributed by atoms with E-state index in [9.17, 15) is 5.11 Å². The van der Waals surface area contributed by atoms with E-state index in [0.717, 1.165) is 0 Å². The highest BCUT2D eigenvalue weighted by molar-refractivity contribution is 6.31. The summed E-state index contributed by atoms with van der Waals surface area (Å²) in [5, 5.41) is 30.2. The van der Waals surface area contributed by atoms with Crippen molar-refractivity contribution in [3.05, 3.63) is 106 Å². The van der Waals surface area contributed by atoms with E-state index < -0.39 is 5.60 Å². The van der Waals surface area contributed by atoms with Crippen LogP contribution in [0.1, 0.15) is 17.0 Å². The molecule has 5 rings (SSSR count). The number of aliphatic hydroxyl groups is 1. The van der Waals surface area contributed by atoms with Crippen molar-refractivity contribution in [1.29, 1.82) is 0 Å². The summed E-state index contributed by atoms with van der Waals surface area (Å²) < 4.78 is 13.9. The monoisotopic (exact) mass is 522 g/mol. The predicted octanol–water partition coefficient (Wildman–Crippen LogP) is 4.46. The summed E-state index contributed by atoms with van der Waals surface area (Å²) >= 11 is 12.4. The molecule has 1 N–H and O–H groups in total. The Morgan fingerprint density at radius 1 is 0.722 bits per heavy atom. The lowest BCUT2D eigenvalue weighted by atomic mass is 9.88. The minimum atomic E-state index is -1.78. The largest absolute Gasteiger partial charge is 0.494 e. The van der Waals surface area contributed by atoms with Crippen LogP contribution in [0.15, 0.2) is 79.1 Å². The molecule has 0 aliphatic carbocycles. The molecule has 5 aromatic rings. The molecule has 0 saturated carbocycles. The summed E-state index contributed by atoms with van der Waals surface area (Å²) in [5.41, 5.74) is 0.315. The second-order valence-electron chi connectivity index (χ2n) is 7.81. The van der Waals surface area contributed by atoms with Crippen LogP contribution < -0.4 is 9.47 Å². The number of aromatic nitrogens is 6. The fourth-order valence-corrected chi connectivity index (χ4v) is 4.22. The Kier molecular flexibility index (Phi) is 6.36. The van der Waals surface area contributed by atoms with Gasteiger partial charge in [-0.05, 0) is 42.0 Å². The zero-order valence-corrected chi connectivity index (χ0v) is 20.7. The fraction of sp³-hybridized carbons (Fsp3) is 0.120. The van der Waals surface area contributed by atoms with E-state index in [0.29, 0.717) is 38.5 Å². The lowest BCUT2D eigenvalue weighted by Gasteiger charge is -2.23. The van der Waals surface area contributed by atoms with Crippen molar-refractivity contribution in [3.8, 4) is 22.9 Å². The number of halogens is 2. The zero-order valence-electron chi connectivity index (χ0n) is 19.2. The quantitative estimate of drug-likeness (QED) is 0.336. The molecule has 0 unspecified atom stereocenters. The predicted molar refractivity (Wildman–Crippen MR) is 134 cm³/mol. The van der Waals surface area contributed by atoms with Crippen molar-refractivity contribution < 1.29 is 14.6 Å².